The van der Waals surface area contributed by atoms with Crippen LogP contribution in [-0.4, -0.2) is 53.0 Å². The number of nitrogens with two attached hydrogens (primary N) is 1. The SMILES string of the molecule is NCCCC[C@H](NC(=O)N[C@H](CC1CCCCC1)C(CCCCCc1ccsc1)NC(=O)O)C(=O)O. The molecule has 0 saturated heterocycles. The predicted octanol–water partition coefficient (Wildman–Crippen LogP) is 4.71. The number of carboxylic acids is 1. The zero-order valence-corrected chi connectivity index (χ0v) is 22.1. The molecule has 1 unspecified atom stereocenters. The fourth-order valence-electron chi connectivity index (χ4n) is 5.06. The van der Waals surface area contributed by atoms with Crippen LogP contribution in [0.25, 0.3) is 0 Å². The van der Waals surface area contributed by atoms with Crippen LogP contribution in [0.15, 0.2) is 16.8 Å². The smallest absolute Gasteiger partial charge is 0.404 e. The van der Waals surface area contributed by atoms with E-state index in [1.807, 2.05) is 0 Å². The van der Waals surface area contributed by atoms with Gasteiger partial charge in [0.25, 0.3) is 0 Å². The molecule has 1 aliphatic rings. The van der Waals surface area contributed by atoms with Gasteiger partial charge in [-0.05, 0) is 79.8 Å². The summed E-state index contributed by atoms with van der Waals surface area (Å²) in [5.74, 6) is -0.669. The van der Waals surface area contributed by atoms with Crippen LogP contribution in [0.3, 0.4) is 0 Å². The molecule has 1 saturated carbocycles. The Morgan fingerprint density at radius 3 is 2.33 bits per heavy atom. The Balaban J connectivity index is 1.99. The number of thiophene rings is 1. The van der Waals surface area contributed by atoms with Gasteiger partial charge in [-0.1, -0.05) is 44.9 Å². The fraction of sp³-hybridized carbons (Fsp3) is 0.731. The average molecular weight is 525 g/mol. The van der Waals surface area contributed by atoms with Crippen molar-refractivity contribution >= 4 is 29.4 Å². The fourth-order valence-corrected chi connectivity index (χ4v) is 5.76. The molecular weight excluding hydrogens is 480 g/mol. The van der Waals surface area contributed by atoms with Gasteiger partial charge in [0, 0.05) is 0 Å². The summed E-state index contributed by atoms with van der Waals surface area (Å²) in [7, 11) is 0. The number of hydrogen-bond acceptors (Lipinski definition) is 5. The first-order valence-corrected chi connectivity index (χ1v) is 14.3. The predicted molar refractivity (Wildman–Crippen MR) is 142 cm³/mol. The number of carbonyl (C=O) groups is 3. The largest absolute Gasteiger partial charge is 0.480 e. The van der Waals surface area contributed by atoms with E-state index >= 15 is 0 Å². The van der Waals surface area contributed by atoms with Crippen LogP contribution in [-0.2, 0) is 11.2 Å². The van der Waals surface area contributed by atoms with Crippen LogP contribution < -0.4 is 21.7 Å². The Kier molecular flexibility index (Phi) is 14.3. The zero-order valence-electron chi connectivity index (χ0n) is 21.3. The minimum absolute atomic E-state index is 0.300. The lowest BCUT2D eigenvalue weighted by molar-refractivity contribution is -0.139. The second-order valence-electron chi connectivity index (χ2n) is 9.93. The Bertz CT molecular complexity index is 770. The molecule has 7 N–H and O–H groups in total. The molecule has 9 nitrogen and oxygen atoms in total. The van der Waals surface area contributed by atoms with Crippen molar-refractivity contribution in [3.05, 3.63) is 22.4 Å². The first-order valence-electron chi connectivity index (χ1n) is 13.4. The van der Waals surface area contributed by atoms with Crippen LogP contribution in [0.4, 0.5) is 9.59 Å². The molecule has 10 heteroatoms. The molecule has 0 spiro atoms. The highest BCUT2D eigenvalue weighted by molar-refractivity contribution is 7.07. The molecular formula is C26H44N4O5S. The third-order valence-electron chi connectivity index (χ3n) is 7.03. The minimum atomic E-state index is -1.11. The molecule has 0 bridgehead atoms. The first-order chi connectivity index (χ1) is 17.4. The van der Waals surface area contributed by atoms with E-state index in [-0.39, 0.29) is 0 Å². The van der Waals surface area contributed by atoms with Crippen LogP contribution in [0.2, 0.25) is 0 Å². The monoisotopic (exact) mass is 524 g/mol. The molecule has 3 amide bonds. The number of rotatable bonds is 17. The summed E-state index contributed by atoms with van der Waals surface area (Å²) in [6, 6.07) is -0.278. The van der Waals surface area contributed by atoms with Gasteiger partial charge in [-0.3, -0.25) is 0 Å². The van der Waals surface area contributed by atoms with E-state index in [0.29, 0.717) is 44.6 Å². The number of nitrogens with one attached hydrogen (secondary N) is 3. The quantitative estimate of drug-likeness (QED) is 0.162. The van der Waals surface area contributed by atoms with Crippen LogP contribution >= 0.6 is 11.3 Å². The number of urea groups is 1. The number of hydrogen-bond donors (Lipinski definition) is 6. The van der Waals surface area contributed by atoms with E-state index in [1.165, 1.54) is 12.0 Å². The maximum Gasteiger partial charge on any atom is 0.404 e. The van der Waals surface area contributed by atoms with E-state index < -0.39 is 36.2 Å². The van der Waals surface area contributed by atoms with Crippen molar-refractivity contribution < 1.29 is 24.6 Å². The highest BCUT2D eigenvalue weighted by Gasteiger charge is 2.29. The van der Waals surface area contributed by atoms with Gasteiger partial charge in [-0.25, -0.2) is 14.4 Å². The molecule has 204 valence electrons. The zero-order chi connectivity index (χ0) is 26.2. The number of carbonyl (C=O) groups excluding carboxylic acids is 1. The van der Waals surface area contributed by atoms with Gasteiger partial charge in [0.2, 0.25) is 0 Å². The first kappa shape index (κ1) is 29.9. The van der Waals surface area contributed by atoms with Gasteiger partial charge in [0.05, 0.1) is 12.1 Å². The standard InChI is InChI=1S/C26H44N4O5S/c27-15-8-7-13-22(24(31)32)28-25(33)29-23(17-19-9-3-1-4-10-19)21(30-26(34)35)12-6-2-5-11-20-14-16-36-18-20/h14,16,18-19,21-23,30H,1-13,15,17,27H2,(H,31,32)(H,34,35)(H2,28,29,33)/t21?,22-,23+/m0/s1. The molecule has 0 aromatic carbocycles. The van der Waals surface area contributed by atoms with Crippen molar-refractivity contribution in [3.63, 3.8) is 0 Å². The topological polar surface area (TPSA) is 154 Å². The van der Waals surface area contributed by atoms with Crippen molar-refractivity contribution in [2.45, 2.75) is 108 Å². The summed E-state index contributed by atoms with van der Waals surface area (Å²) in [4.78, 5) is 36.1. The number of aryl methyl sites for hydroxylation is 1. The summed E-state index contributed by atoms with van der Waals surface area (Å²) in [6.45, 7) is 0.470. The van der Waals surface area contributed by atoms with E-state index in [1.54, 1.807) is 11.3 Å². The molecule has 1 aromatic rings. The van der Waals surface area contributed by atoms with Crippen LogP contribution in [0.5, 0.6) is 0 Å². The maximum absolute atomic E-state index is 12.9. The Morgan fingerprint density at radius 1 is 0.944 bits per heavy atom. The summed E-state index contributed by atoms with van der Waals surface area (Å²) in [5, 5.41) is 31.4. The number of aliphatic carboxylic acids is 1. The van der Waals surface area contributed by atoms with Gasteiger partial charge in [-0.15, -0.1) is 0 Å². The summed E-state index contributed by atoms with van der Waals surface area (Å²) in [5.41, 5.74) is 6.83. The molecule has 1 aromatic heterocycles. The second kappa shape index (κ2) is 17.2. The molecule has 0 aliphatic heterocycles. The number of carboxylic acid groups (broad SMARTS) is 2. The van der Waals surface area contributed by atoms with E-state index in [9.17, 15) is 24.6 Å². The number of unbranched alkanes of at least 4 members (excludes halogenated alkanes) is 3. The number of amides is 3. The van der Waals surface area contributed by atoms with E-state index in [2.05, 4.69) is 32.8 Å². The molecule has 2 rings (SSSR count). The molecule has 1 fully saturated rings. The Labute approximate surface area is 218 Å². The van der Waals surface area contributed by atoms with Gasteiger partial charge >= 0.3 is 18.1 Å². The third kappa shape index (κ3) is 12.1. The molecule has 1 aliphatic carbocycles. The summed E-state index contributed by atoms with van der Waals surface area (Å²) in [6.07, 6.45) is 11.3. The van der Waals surface area contributed by atoms with Crippen molar-refractivity contribution in [1.29, 1.82) is 0 Å². The minimum Gasteiger partial charge on any atom is -0.480 e. The van der Waals surface area contributed by atoms with Gasteiger partial charge in [0.15, 0.2) is 0 Å². The highest BCUT2D eigenvalue weighted by atomic mass is 32.1. The van der Waals surface area contributed by atoms with Gasteiger partial charge < -0.3 is 31.9 Å². The van der Waals surface area contributed by atoms with Crippen molar-refractivity contribution in [1.82, 2.24) is 16.0 Å². The average Bonchev–Trinajstić information content (AvgIpc) is 3.36. The van der Waals surface area contributed by atoms with Crippen LogP contribution in [0, 0.1) is 5.92 Å². The summed E-state index contributed by atoms with van der Waals surface area (Å²) >= 11 is 1.69. The molecule has 0 radical (unpaired) electrons. The Hall–Kier alpha value is -2.33. The van der Waals surface area contributed by atoms with Crippen molar-refractivity contribution in [2.75, 3.05) is 6.54 Å². The van der Waals surface area contributed by atoms with Gasteiger partial charge in [-0.2, -0.15) is 11.3 Å². The lowest BCUT2D eigenvalue weighted by atomic mass is 9.82. The van der Waals surface area contributed by atoms with Crippen LogP contribution in [0.1, 0.15) is 89.0 Å². The van der Waals surface area contributed by atoms with E-state index in [0.717, 1.165) is 51.4 Å². The molecule has 36 heavy (non-hydrogen) atoms. The third-order valence-corrected chi connectivity index (χ3v) is 7.77. The van der Waals surface area contributed by atoms with Crippen molar-refractivity contribution in [2.24, 2.45) is 11.7 Å². The molecule has 3 atom stereocenters. The van der Waals surface area contributed by atoms with Gasteiger partial charge in [0.1, 0.15) is 6.04 Å². The normalized spacial score (nSPS) is 16.6. The highest BCUT2D eigenvalue weighted by Crippen LogP contribution is 2.29. The maximum atomic E-state index is 12.9. The van der Waals surface area contributed by atoms with Crippen molar-refractivity contribution in [3.8, 4) is 0 Å². The summed E-state index contributed by atoms with van der Waals surface area (Å²) < 4.78 is 0. The molecule has 1 heterocycles. The Morgan fingerprint density at radius 2 is 1.69 bits per heavy atom. The second-order valence-corrected chi connectivity index (χ2v) is 10.7. The lowest BCUT2D eigenvalue weighted by Gasteiger charge is -2.33. The lowest BCUT2D eigenvalue weighted by Crippen LogP contribution is -2.56. The van der Waals surface area contributed by atoms with E-state index in [4.69, 9.17) is 5.73 Å².